The van der Waals surface area contributed by atoms with Gasteiger partial charge in [0.25, 0.3) is 0 Å². The highest BCUT2D eigenvalue weighted by Gasteiger charge is 2.22. The van der Waals surface area contributed by atoms with Crippen molar-refractivity contribution < 1.29 is 8.42 Å². The van der Waals surface area contributed by atoms with Crippen LogP contribution < -0.4 is 4.72 Å². The van der Waals surface area contributed by atoms with Crippen LogP contribution in [0, 0.1) is 5.92 Å². The van der Waals surface area contributed by atoms with Gasteiger partial charge in [-0.15, -0.1) is 0 Å². The molecule has 0 unspecified atom stereocenters. The summed E-state index contributed by atoms with van der Waals surface area (Å²) in [4.78, 5) is 0.354. The Bertz CT molecular complexity index is 526. The zero-order valence-corrected chi connectivity index (χ0v) is 13.3. The molecule has 0 radical (unpaired) electrons. The first-order valence-corrected chi connectivity index (χ1v) is 9.11. The van der Waals surface area contributed by atoms with E-state index >= 15 is 0 Å². The average molecular weight is 299 g/mol. The third-order valence-electron chi connectivity index (χ3n) is 3.30. The maximum atomic E-state index is 12.1. The van der Waals surface area contributed by atoms with E-state index in [4.69, 9.17) is 0 Å². The van der Waals surface area contributed by atoms with Crippen LogP contribution in [-0.2, 0) is 15.4 Å². The molecule has 1 heterocycles. The van der Waals surface area contributed by atoms with Gasteiger partial charge in [0.2, 0.25) is 10.0 Å². The van der Waals surface area contributed by atoms with Gasteiger partial charge in [0.05, 0.1) is 4.90 Å². The summed E-state index contributed by atoms with van der Waals surface area (Å²) in [6.45, 7) is 6.89. The van der Waals surface area contributed by atoms with Gasteiger partial charge >= 0.3 is 0 Å². The van der Waals surface area contributed by atoms with E-state index in [1.165, 1.54) is 0 Å². The van der Waals surface area contributed by atoms with E-state index in [1.54, 1.807) is 12.1 Å². The Balaban J connectivity index is 2.07. The molecule has 2 rings (SSSR count). The highest BCUT2D eigenvalue weighted by molar-refractivity contribution is 8.00. The molecule has 1 N–H and O–H groups in total. The highest BCUT2D eigenvalue weighted by Crippen LogP contribution is 2.25. The maximum absolute atomic E-state index is 12.1. The molecule has 0 atom stereocenters. The molecule has 1 saturated heterocycles. The first kappa shape index (κ1) is 14.9. The Morgan fingerprint density at radius 3 is 2.21 bits per heavy atom. The van der Waals surface area contributed by atoms with E-state index in [0.29, 0.717) is 17.4 Å². The molecule has 1 aliphatic rings. The van der Waals surface area contributed by atoms with Crippen molar-refractivity contribution in [2.24, 2.45) is 5.92 Å². The normalized spacial score (nSPS) is 17.2. The fraction of sp³-hybridized carbons (Fsp3) is 0.571. The first-order valence-electron chi connectivity index (χ1n) is 6.47. The fourth-order valence-corrected chi connectivity index (χ4v) is 3.77. The van der Waals surface area contributed by atoms with Crippen LogP contribution in [0.2, 0.25) is 0 Å². The first-order chi connectivity index (χ1) is 8.79. The largest absolute Gasteiger partial charge is 0.240 e. The average Bonchev–Trinajstić information content (AvgIpc) is 2.26. The summed E-state index contributed by atoms with van der Waals surface area (Å²) < 4.78 is 26.9. The van der Waals surface area contributed by atoms with Crippen molar-refractivity contribution in [3.63, 3.8) is 0 Å². The molecule has 1 aliphatic heterocycles. The molecule has 0 saturated carbocycles. The lowest BCUT2D eigenvalue weighted by molar-refractivity contribution is 0.557. The standard InChI is InChI=1S/C14H21NO2S2/c1-14(2,3)12-4-6-13(7-5-12)19(16,17)15-8-11-9-18-10-11/h4-7,11,15H,8-10H2,1-3H3. The lowest BCUT2D eigenvalue weighted by atomic mass is 9.87. The van der Waals surface area contributed by atoms with Crippen LogP contribution in [0.5, 0.6) is 0 Å². The number of rotatable bonds is 4. The van der Waals surface area contributed by atoms with Crippen molar-refractivity contribution in [2.45, 2.75) is 31.1 Å². The molecule has 0 amide bonds. The SMILES string of the molecule is CC(C)(C)c1ccc(S(=O)(=O)NCC2CSC2)cc1. The Hall–Kier alpha value is -0.520. The number of hydrogen-bond acceptors (Lipinski definition) is 3. The molecule has 19 heavy (non-hydrogen) atoms. The van der Waals surface area contributed by atoms with Crippen LogP contribution in [0.1, 0.15) is 26.3 Å². The second-order valence-corrected chi connectivity index (χ2v) is 8.87. The Morgan fingerprint density at radius 2 is 1.79 bits per heavy atom. The minimum Gasteiger partial charge on any atom is -0.211 e. The van der Waals surface area contributed by atoms with Crippen LogP contribution in [0.3, 0.4) is 0 Å². The second kappa shape index (κ2) is 5.46. The smallest absolute Gasteiger partial charge is 0.211 e. The van der Waals surface area contributed by atoms with E-state index in [2.05, 4.69) is 25.5 Å². The Labute approximate surface area is 120 Å². The third kappa shape index (κ3) is 3.74. The molecule has 0 bridgehead atoms. The summed E-state index contributed by atoms with van der Waals surface area (Å²) in [7, 11) is -3.35. The quantitative estimate of drug-likeness (QED) is 0.929. The van der Waals surface area contributed by atoms with Gasteiger partial charge in [-0.3, -0.25) is 0 Å². The topological polar surface area (TPSA) is 46.2 Å². The molecule has 106 valence electrons. The highest BCUT2D eigenvalue weighted by atomic mass is 32.2. The molecule has 0 aromatic heterocycles. The van der Waals surface area contributed by atoms with Crippen LogP contribution in [-0.4, -0.2) is 26.5 Å². The van der Waals surface area contributed by atoms with Crippen molar-refractivity contribution in [1.29, 1.82) is 0 Å². The van der Waals surface area contributed by atoms with Gasteiger partial charge in [0.15, 0.2) is 0 Å². The summed E-state index contributed by atoms with van der Waals surface area (Å²) in [5.41, 5.74) is 1.18. The number of thioether (sulfide) groups is 1. The molecule has 0 aliphatic carbocycles. The van der Waals surface area contributed by atoms with Crippen LogP contribution >= 0.6 is 11.8 Å². The molecule has 1 fully saturated rings. The number of sulfonamides is 1. The lowest BCUT2D eigenvalue weighted by Gasteiger charge is -2.25. The zero-order chi connectivity index (χ0) is 14.1. The van der Waals surface area contributed by atoms with Crippen LogP contribution in [0.4, 0.5) is 0 Å². The van der Waals surface area contributed by atoms with Gasteiger partial charge in [-0.2, -0.15) is 11.8 Å². The summed E-state index contributed by atoms with van der Waals surface area (Å²) in [6.07, 6.45) is 0. The summed E-state index contributed by atoms with van der Waals surface area (Å²) in [5.74, 6) is 2.62. The molecule has 1 aromatic carbocycles. The van der Waals surface area contributed by atoms with Gasteiger partial charge in [-0.05, 0) is 40.5 Å². The number of benzene rings is 1. The van der Waals surface area contributed by atoms with Gasteiger partial charge in [-0.1, -0.05) is 32.9 Å². The van der Waals surface area contributed by atoms with E-state index in [1.807, 2.05) is 23.9 Å². The Kier molecular flexibility index (Phi) is 4.28. The van der Waals surface area contributed by atoms with Crippen molar-refractivity contribution in [3.8, 4) is 0 Å². The summed E-state index contributed by atoms with van der Waals surface area (Å²) in [6, 6.07) is 7.18. The van der Waals surface area contributed by atoms with Crippen molar-refractivity contribution in [3.05, 3.63) is 29.8 Å². The fourth-order valence-electron chi connectivity index (χ4n) is 1.85. The summed E-state index contributed by atoms with van der Waals surface area (Å²) in [5, 5.41) is 0. The summed E-state index contributed by atoms with van der Waals surface area (Å²) >= 11 is 1.86. The van der Waals surface area contributed by atoms with Gasteiger partial charge in [0, 0.05) is 6.54 Å². The molecular formula is C14H21NO2S2. The van der Waals surface area contributed by atoms with Gasteiger partial charge < -0.3 is 0 Å². The predicted molar refractivity (Wildman–Crippen MR) is 81.1 cm³/mol. The maximum Gasteiger partial charge on any atom is 0.240 e. The number of nitrogens with one attached hydrogen (secondary N) is 1. The number of hydrogen-bond donors (Lipinski definition) is 1. The van der Waals surface area contributed by atoms with Crippen molar-refractivity contribution in [1.82, 2.24) is 4.72 Å². The van der Waals surface area contributed by atoms with Crippen molar-refractivity contribution in [2.75, 3.05) is 18.1 Å². The van der Waals surface area contributed by atoms with Gasteiger partial charge in [0.1, 0.15) is 0 Å². The monoisotopic (exact) mass is 299 g/mol. The zero-order valence-electron chi connectivity index (χ0n) is 11.6. The molecule has 3 nitrogen and oxygen atoms in total. The minimum absolute atomic E-state index is 0.0405. The van der Waals surface area contributed by atoms with Crippen LogP contribution in [0.15, 0.2) is 29.2 Å². The van der Waals surface area contributed by atoms with Crippen LogP contribution in [0.25, 0.3) is 0 Å². The molecule has 1 aromatic rings. The van der Waals surface area contributed by atoms with E-state index in [0.717, 1.165) is 17.1 Å². The van der Waals surface area contributed by atoms with Gasteiger partial charge in [-0.25, -0.2) is 13.1 Å². The Morgan fingerprint density at radius 1 is 1.21 bits per heavy atom. The third-order valence-corrected chi connectivity index (χ3v) is 6.15. The van der Waals surface area contributed by atoms with E-state index in [-0.39, 0.29) is 5.41 Å². The lowest BCUT2D eigenvalue weighted by Crippen LogP contribution is -2.35. The van der Waals surface area contributed by atoms with E-state index in [9.17, 15) is 8.42 Å². The molecule has 5 heteroatoms. The van der Waals surface area contributed by atoms with E-state index < -0.39 is 10.0 Å². The second-order valence-electron chi connectivity index (χ2n) is 6.03. The minimum atomic E-state index is -3.35. The molecule has 0 spiro atoms. The van der Waals surface area contributed by atoms with Crippen molar-refractivity contribution >= 4 is 21.8 Å². The molecular weight excluding hydrogens is 278 g/mol. The predicted octanol–water partition coefficient (Wildman–Crippen LogP) is 2.63.